The number of aromatic amines is 1. The van der Waals surface area contributed by atoms with Crippen LogP contribution in [0.5, 0.6) is 0 Å². The monoisotopic (exact) mass is 141 g/mol. The van der Waals surface area contributed by atoms with Crippen LogP contribution in [0.4, 0.5) is 0 Å². The Morgan fingerprint density at radius 3 is 3.00 bits per heavy atom. The van der Waals surface area contributed by atoms with E-state index in [-0.39, 0.29) is 0 Å². The third kappa shape index (κ3) is 1.28. The Kier molecular flexibility index (Phi) is 1.81. The number of thiocarbonyl (C=S) groups is 1. The molecule has 0 aliphatic heterocycles. The minimum absolute atomic E-state index is 0.528. The number of hydrazine groups is 1. The van der Waals surface area contributed by atoms with Crippen LogP contribution in [0.25, 0.3) is 0 Å². The van der Waals surface area contributed by atoms with Gasteiger partial charge >= 0.3 is 0 Å². The van der Waals surface area contributed by atoms with E-state index >= 15 is 0 Å². The van der Waals surface area contributed by atoms with Gasteiger partial charge in [-0.05, 0) is 12.1 Å². The molecule has 0 aliphatic carbocycles. The van der Waals surface area contributed by atoms with E-state index in [2.05, 4.69) is 10.4 Å². The molecule has 0 unspecified atom stereocenters. The molecule has 0 saturated carbocycles. The van der Waals surface area contributed by atoms with Crippen molar-refractivity contribution in [2.24, 2.45) is 5.84 Å². The largest absolute Gasteiger partial charge is 0.359 e. The molecule has 1 heterocycles. The highest BCUT2D eigenvalue weighted by Crippen LogP contribution is 1.92. The number of hydrogen-bond acceptors (Lipinski definition) is 2. The maximum Gasteiger partial charge on any atom is 0.137 e. The molecule has 0 fully saturated rings. The molecule has 1 aromatic heterocycles. The predicted octanol–water partition coefficient (Wildman–Crippen LogP) is 0.154. The highest BCUT2D eigenvalue weighted by molar-refractivity contribution is 7.80. The smallest absolute Gasteiger partial charge is 0.137 e. The number of nitrogens with one attached hydrogen (secondary N) is 2. The Bertz CT molecular complexity index is 192. The van der Waals surface area contributed by atoms with Crippen molar-refractivity contribution in [3.8, 4) is 0 Å². The van der Waals surface area contributed by atoms with E-state index < -0.39 is 0 Å². The SMILES string of the molecule is NNC(=S)c1ccc[nH]1. The number of rotatable bonds is 1. The molecular formula is C5H7N3S. The summed E-state index contributed by atoms with van der Waals surface area (Å²) >= 11 is 4.81. The van der Waals surface area contributed by atoms with Gasteiger partial charge in [0.1, 0.15) is 4.99 Å². The minimum Gasteiger partial charge on any atom is -0.359 e. The fourth-order valence-corrected chi connectivity index (χ4v) is 0.676. The van der Waals surface area contributed by atoms with Gasteiger partial charge in [0.15, 0.2) is 0 Å². The summed E-state index contributed by atoms with van der Waals surface area (Å²) < 4.78 is 0. The Balaban J connectivity index is 2.77. The average Bonchev–Trinajstić information content (AvgIpc) is 2.37. The second-order valence-electron chi connectivity index (χ2n) is 1.56. The Labute approximate surface area is 58.2 Å². The van der Waals surface area contributed by atoms with Crippen molar-refractivity contribution in [1.29, 1.82) is 0 Å². The van der Waals surface area contributed by atoms with Crippen molar-refractivity contribution in [3.63, 3.8) is 0 Å². The fraction of sp³-hybridized carbons (Fsp3) is 0. The molecule has 3 nitrogen and oxygen atoms in total. The maximum absolute atomic E-state index is 5.05. The summed E-state index contributed by atoms with van der Waals surface area (Å²) in [5.74, 6) is 5.05. The van der Waals surface area contributed by atoms with Crippen LogP contribution in [0.1, 0.15) is 5.69 Å². The first-order chi connectivity index (χ1) is 4.34. The molecule has 0 aliphatic rings. The lowest BCUT2D eigenvalue weighted by Crippen LogP contribution is -2.29. The van der Waals surface area contributed by atoms with Crippen molar-refractivity contribution in [2.45, 2.75) is 0 Å². The molecular weight excluding hydrogens is 134 g/mol. The Hall–Kier alpha value is -0.870. The summed E-state index contributed by atoms with van der Waals surface area (Å²) in [5, 5.41) is 0. The van der Waals surface area contributed by atoms with E-state index in [4.69, 9.17) is 18.1 Å². The second-order valence-corrected chi connectivity index (χ2v) is 1.97. The molecule has 9 heavy (non-hydrogen) atoms. The number of hydrogen-bond donors (Lipinski definition) is 3. The predicted molar refractivity (Wildman–Crippen MR) is 39.8 cm³/mol. The summed E-state index contributed by atoms with van der Waals surface area (Å²) in [5.41, 5.74) is 3.21. The van der Waals surface area contributed by atoms with Crippen molar-refractivity contribution in [2.75, 3.05) is 0 Å². The summed E-state index contributed by atoms with van der Waals surface area (Å²) in [4.78, 5) is 3.43. The van der Waals surface area contributed by atoms with Crippen molar-refractivity contribution in [1.82, 2.24) is 10.4 Å². The van der Waals surface area contributed by atoms with E-state index in [0.717, 1.165) is 5.69 Å². The third-order valence-corrected chi connectivity index (χ3v) is 1.31. The van der Waals surface area contributed by atoms with Gasteiger partial charge < -0.3 is 10.4 Å². The highest BCUT2D eigenvalue weighted by atomic mass is 32.1. The van der Waals surface area contributed by atoms with E-state index in [1.165, 1.54) is 0 Å². The quantitative estimate of drug-likeness (QED) is 0.296. The van der Waals surface area contributed by atoms with Gasteiger partial charge in [-0.3, -0.25) is 0 Å². The second kappa shape index (κ2) is 2.61. The summed E-state index contributed by atoms with van der Waals surface area (Å²) in [6.45, 7) is 0. The number of nitrogens with two attached hydrogens (primary N) is 1. The molecule has 0 saturated heterocycles. The van der Waals surface area contributed by atoms with Crippen molar-refractivity contribution in [3.05, 3.63) is 24.0 Å². The first kappa shape index (κ1) is 6.25. The lowest BCUT2D eigenvalue weighted by Gasteiger charge is -1.95. The van der Waals surface area contributed by atoms with Crippen LogP contribution >= 0.6 is 12.2 Å². The lowest BCUT2D eigenvalue weighted by molar-refractivity contribution is 1.04. The summed E-state index contributed by atoms with van der Waals surface area (Å²) in [7, 11) is 0. The first-order valence-corrected chi connectivity index (χ1v) is 2.90. The van der Waals surface area contributed by atoms with Gasteiger partial charge in [0.25, 0.3) is 0 Å². The zero-order valence-corrected chi connectivity index (χ0v) is 5.53. The molecule has 0 amide bonds. The molecule has 0 atom stereocenters. The topological polar surface area (TPSA) is 53.8 Å². The Morgan fingerprint density at radius 2 is 2.56 bits per heavy atom. The molecule has 1 aromatic rings. The van der Waals surface area contributed by atoms with Crippen LogP contribution in [-0.2, 0) is 0 Å². The van der Waals surface area contributed by atoms with Gasteiger partial charge in [-0.1, -0.05) is 12.2 Å². The molecule has 4 heteroatoms. The lowest BCUT2D eigenvalue weighted by atomic mass is 10.4. The normalized spacial score (nSPS) is 9.00. The van der Waals surface area contributed by atoms with Gasteiger partial charge in [0.2, 0.25) is 0 Å². The van der Waals surface area contributed by atoms with E-state index in [1.54, 1.807) is 6.20 Å². The zero-order valence-electron chi connectivity index (χ0n) is 4.72. The van der Waals surface area contributed by atoms with Crippen LogP contribution in [0, 0.1) is 0 Å². The molecule has 0 aromatic carbocycles. The Morgan fingerprint density at radius 1 is 1.78 bits per heavy atom. The molecule has 48 valence electrons. The zero-order chi connectivity index (χ0) is 6.69. The molecule has 0 spiro atoms. The molecule has 0 radical (unpaired) electrons. The fourth-order valence-electron chi connectivity index (χ4n) is 0.549. The van der Waals surface area contributed by atoms with Gasteiger partial charge in [-0.15, -0.1) is 0 Å². The van der Waals surface area contributed by atoms with Crippen LogP contribution < -0.4 is 11.3 Å². The van der Waals surface area contributed by atoms with Gasteiger partial charge in [-0.2, -0.15) is 0 Å². The average molecular weight is 141 g/mol. The molecule has 4 N–H and O–H groups in total. The van der Waals surface area contributed by atoms with E-state index in [1.807, 2.05) is 12.1 Å². The van der Waals surface area contributed by atoms with Gasteiger partial charge in [-0.25, -0.2) is 5.84 Å². The van der Waals surface area contributed by atoms with Crippen LogP contribution in [-0.4, -0.2) is 9.97 Å². The summed E-state index contributed by atoms with van der Waals surface area (Å²) in [6, 6.07) is 3.71. The highest BCUT2D eigenvalue weighted by Gasteiger charge is 1.95. The minimum atomic E-state index is 0.528. The number of aromatic nitrogens is 1. The molecule has 1 rings (SSSR count). The first-order valence-electron chi connectivity index (χ1n) is 2.49. The summed E-state index contributed by atoms with van der Waals surface area (Å²) in [6.07, 6.45) is 1.79. The van der Waals surface area contributed by atoms with Crippen LogP contribution in [0.3, 0.4) is 0 Å². The number of H-pyrrole nitrogens is 1. The van der Waals surface area contributed by atoms with Gasteiger partial charge in [0, 0.05) is 6.20 Å². The standard InChI is InChI=1S/C5H7N3S/c6-8-5(9)4-2-1-3-7-4/h1-3,7H,6H2,(H,8,9). The van der Waals surface area contributed by atoms with Crippen molar-refractivity contribution < 1.29 is 0 Å². The third-order valence-electron chi connectivity index (χ3n) is 0.974. The van der Waals surface area contributed by atoms with Crippen LogP contribution in [0.2, 0.25) is 0 Å². The maximum atomic E-state index is 5.05. The van der Waals surface area contributed by atoms with Gasteiger partial charge in [0.05, 0.1) is 5.69 Å². The van der Waals surface area contributed by atoms with Crippen LogP contribution in [0.15, 0.2) is 18.3 Å². The van der Waals surface area contributed by atoms with Crippen molar-refractivity contribution >= 4 is 17.2 Å². The van der Waals surface area contributed by atoms with E-state index in [0.29, 0.717) is 4.99 Å². The molecule has 0 bridgehead atoms. The van der Waals surface area contributed by atoms with E-state index in [9.17, 15) is 0 Å².